The fraction of sp³-hybridized carbons (Fsp3) is 0.619. The van der Waals surface area contributed by atoms with E-state index < -0.39 is 18.0 Å². The van der Waals surface area contributed by atoms with Gasteiger partial charge in [0.1, 0.15) is 11.9 Å². The molecule has 0 spiro atoms. The zero-order valence-corrected chi connectivity index (χ0v) is 16.9. The first-order valence-electron chi connectivity index (χ1n) is 10.1. The minimum absolute atomic E-state index is 0.0223. The number of benzene rings is 1. The van der Waals surface area contributed by atoms with Gasteiger partial charge >= 0.3 is 6.09 Å². The third-order valence-corrected chi connectivity index (χ3v) is 5.79. The molecule has 3 aliphatic rings. The molecule has 0 bridgehead atoms. The highest BCUT2D eigenvalue weighted by Crippen LogP contribution is 2.43. The van der Waals surface area contributed by atoms with Gasteiger partial charge in [0.25, 0.3) is 0 Å². The minimum Gasteiger partial charge on any atom is -0.442 e. The lowest BCUT2D eigenvalue weighted by Gasteiger charge is -2.30. The molecule has 7 nitrogen and oxygen atoms in total. The second-order valence-corrected chi connectivity index (χ2v) is 8.48. The number of carbonyl (C=O) groups excluding carboxylic acids is 2. The first-order valence-corrected chi connectivity index (χ1v) is 10.1. The minimum atomic E-state index is -0.587. The van der Waals surface area contributed by atoms with Gasteiger partial charge < -0.3 is 19.5 Å². The second-order valence-electron chi connectivity index (χ2n) is 8.48. The maximum Gasteiger partial charge on any atom is 0.414 e. The molecular formula is C21H27FN2O5. The van der Waals surface area contributed by atoms with E-state index in [9.17, 15) is 14.0 Å². The number of nitrogens with zero attached hydrogens (tertiary/aromatic N) is 1. The maximum absolute atomic E-state index is 15.0. The first kappa shape index (κ1) is 20.1. The molecule has 4 rings (SSSR count). The van der Waals surface area contributed by atoms with Crippen LogP contribution in [-0.2, 0) is 19.0 Å². The van der Waals surface area contributed by atoms with Gasteiger partial charge in [0.05, 0.1) is 31.0 Å². The Morgan fingerprint density at radius 2 is 2.03 bits per heavy atom. The molecule has 3 unspecified atom stereocenters. The van der Waals surface area contributed by atoms with Gasteiger partial charge in [-0.25, -0.2) is 9.18 Å². The molecule has 3 fully saturated rings. The summed E-state index contributed by atoms with van der Waals surface area (Å²) in [6, 6.07) is 4.90. The zero-order valence-electron chi connectivity index (χ0n) is 16.9. The summed E-state index contributed by atoms with van der Waals surface area (Å²) in [7, 11) is 0. The number of hydrogen-bond acceptors (Lipinski definition) is 5. The largest absolute Gasteiger partial charge is 0.442 e. The topological polar surface area (TPSA) is 77.1 Å². The molecule has 1 N–H and O–H groups in total. The normalized spacial score (nSPS) is 30.8. The summed E-state index contributed by atoms with van der Waals surface area (Å²) in [4.78, 5) is 24.6. The number of rotatable bonds is 4. The Bertz CT molecular complexity index is 814. The number of cyclic esters (lactones) is 1. The number of halogens is 1. The summed E-state index contributed by atoms with van der Waals surface area (Å²) < 4.78 is 32.1. The van der Waals surface area contributed by atoms with Crippen molar-refractivity contribution in [2.24, 2.45) is 0 Å². The Morgan fingerprint density at radius 1 is 1.28 bits per heavy atom. The number of nitrogens with one attached hydrogen (secondary N) is 1. The summed E-state index contributed by atoms with van der Waals surface area (Å²) in [6.45, 7) is 5.72. The summed E-state index contributed by atoms with van der Waals surface area (Å²) in [5, 5.41) is 2.63. The van der Waals surface area contributed by atoms with E-state index in [1.54, 1.807) is 12.1 Å². The Kier molecular flexibility index (Phi) is 5.25. The quantitative estimate of drug-likeness (QED) is 0.832. The average Bonchev–Trinajstić information content (AvgIpc) is 3.16. The number of carbonyl (C=O) groups is 2. The van der Waals surface area contributed by atoms with Gasteiger partial charge in [-0.1, -0.05) is 6.07 Å². The summed E-state index contributed by atoms with van der Waals surface area (Å²) in [5.74, 6) is -1.05. The van der Waals surface area contributed by atoms with Crippen LogP contribution in [0, 0.1) is 5.82 Å². The van der Waals surface area contributed by atoms with Crippen LogP contribution in [0.2, 0.25) is 0 Å². The molecule has 1 saturated carbocycles. The lowest BCUT2D eigenvalue weighted by Crippen LogP contribution is -2.33. The Labute approximate surface area is 169 Å². The highest BCUT2D eigenvalue weighted by atomic mass is 19.1. The molecule has 2 heterocycles. The third kappa shape index (κ3) is 4.23. The fourth-order valence-corrected chi connectivity index (χ4v) is 4.51. The van der Waals surface area contributed by atoms with Crippen LogP contribution in [-0.4, -0.2) is 49.2 Å². The third-order valence-electron chi connectivity index (χ3n) is 5.79. The molecule has 158 valence electrons. The molecule has 4 atom stereocenters. The van der Waals surface area contributed by atoms with Crippen molar-refractivity contribution in [3.05, 3.63) is 29.6 Å². The van der Waals surface area contributed by atoms with Crippen molar-refractivity contribution in [3.8, 4) is 0 Å². The molecule has 1 aliphatic carbocycles. The van der Waals surface area contributed by atoms with E-state index in [-0.39, 0.29) is 42.9 Å². The highest BCUT2D eigenvalue weighted by Gasteiger charge is 2.45. The fourth-order valence-electron chi connectivity index (χ4n) is 4.51. The zero-order chi connectivity index (χ0) is 20.8. The second kappa shape index (κ2) is 7.57. The molecule has 1 aromatic rings. The summed E-state index contributed by atoms with van der Waals surface area (Å²) in [5.41, 5.74) is 1.10. The number of amides is 2. The van der Waals surface area contributed by atoms with Gasteiger partial charge in [0.15, 0.2) is 5.79 Å². The molecular weight excluding hydrogens is 379 g/mol. The van der Waals surface area contributed by atoms with Gasteiger partial charge in [-0.15, -0.1) is 0 Å². The van der Waals surface area contributed by atoms with Crippen molar-refractivity contribution in [2.45, 2.75) is 70.1 Å². The lowest BCUT2D eigenvalue weighted by atomic mass is 9.81. The van der Waals surface area contributed by atoms with Crippen LogP contribution in [0.1, 0.15) is 51.5 Å². The van der Waals surface area contributed by atoms with Crippen LogP contribution >= 0.6 is 0 Å². The predicted octanol–water partition coefficient (Wildman–Crippen LogP) is 3.07. The lowest BCUT2D eigenvalue weighted by molar-refractivity contribution is -0.145. The van der Waals surface area contributed by atoms with Crippen molar-refractivity contribution >= 4 is 17.7 Å². The van der Waals surface area contributed by atoms with Gasteiger partial charge in [-0.05, 0) is 56.7 Å². The van der Waals surface area contributed by atoms with E-state index in [1.807, 2.05) is 13.8 Å². The van der Waals surface area contributed by atoms with E-state index in [2.05, 4.69) is 5.32 Å². The standard InChI is InChI=1S/C21H27FN2O5/c1-12(25)23-10-15-11-24(20(26)27-15)14-5-6-16(17(22)9-14)13-4-7-18-19(8-13)29-21(2,3)28-18/h5-6,9,13,15,18-19H,4,7-8,10-11H2,1-3H3,(H,23,25)/t13?,15-,18?,19?/m0/s1. The average molecular weight is 406 g/mol. The van der Waals surface area contributed by atoms with Crippen molar-refractivity contribution in [2.75, 3.05) is 18.0 Å². The molecule has 8 heteroatoms. The SMILES string of the molecule is CC(=O)NC[C@H]1CN(c2ccc(C3CCC4OC(C)(C)OC4C3)c(F)c2)C(=O)O1. The smallest absolute Gasteiger partial charge is 0.414 e. The highest BCUT2D eigenvalue weighted by molar-refractivity contribution is 5.89. The van der Waals surface area contributed by atoms with Crippen molar-refractivity contribution in [3.63, 3.8) is 0 Å². The number of hydrogen-bond donors (Lipinski definition) is 1. The van der Waals surface area contributed by atoms with Gasteiger partial charge in [0.2, 0.25) is 5.91 Å². The van der Waals surface area contributed by atoms with Crippen molar-refractivity contribution < 1.29 is 28.2 Å². The van der Waals surface area contributed by atoms with Gasteiger partial charge in [-0.2, -0.15) is 0 Å². The molecule has 2 amide bonds. The Morgan fingerprint density at radius 3 is 2.76 bits per heavy atom. The Hall–Kier alpha value is -2.19. The van der Waals surface area contributed by atoms with E-state index >= 15 is 0 Å². The number of fused-ring (bicyclic) bond motifs is 1. The molecule has 29 heavy (non-hydrogen) atoms. The molecule has 2 saturated heterocycles. The molecule has 0 radical (unpaired) electrons. The maximum atomic E-state index is 15.0. The Balaban J connectivity index is 1.43. The summed E-state index contributed by atoms with van der Waals surface area (Å²) >= 11 is 0. The monoisotopic (exact) mass is 406 g/mol. The molecule has 2 aliphatic heterocycles. The van der Waals surface area contributed by atoms with Crippen LogP contribution in [0.15, 0.2) is 18.2 Å². The van der Waals surface area contributed by atoms with Crippen molar-refractivity contribution in [1.82, 2.24) is 5.32 Å². The van der Waals surface area contributed by atoms with Crippen LogP contribution < -0.4 is 10.2 Å². The predicted molar refractivity (Wildman–Crippen MR) is 103 cm³/mol. The van der Waals surface area contributed by atoms with Crippen LogP contribution in [0.4, 0.5) is 14.9 Å². The molecule has 1 aromatic carbocycles. The molecule has 0 aromatic heterocycles. The van der Waals surface area contributed by atoms with E-state index in [4.69, 9.17) is 14.2 Å². The van der Waals surface area contributed by atoms with E-state index in [0.717, 1.165) is 19.3 Å². The van der Waals surface area contributed by atoms with Gasteiger partial charge in [-0.3, -0.25) is 9.69 Å². The first-order chi connectivity index (χ1) is 13.7. The van der Waals surface area contributed by atoms with Crippen LogP contribution in [0.25, 0.3) is 0 Å². The number of ether oxygens (including phenoxy) is 3. The summed E-state index contributed by atoms with van der Waals surface area (Å²) in [6.07, 6.45) is 1.45. The van der Waals surface area contributed by atoms with Gasteiger partial charge in [0, 0.05) is 6.92 Å². The van der Waals surface area contributed by atoms with Crippen LogP contribution in [0.5, 0.6) is 0 Å². The van der Waals surface area contributed by atoms with Crippen molar-refractivity contribution in [1.29, 1.82) is 0 Å². The van der Waals surface area contributed by atoms with Crippen LogP contribution in [0.3, 0.4) is 0 Å². The van der Waals surface area contributed by atoms with E-state index in [0.29, 0.717) is 11.3 Å². The number of anilines is 1. The van der Waals surface area contributed by atoms with E-state index in [1.165, 1.54) is 17.9 Å².